The summed E-state index contributed by atoms with van der Waals surface area (Å²) in [5.74, 6) is -0.743. The number of aryl methyl sites for hydroxylation is 1. The van der Waals surface area contributed by atoms with Crippen molar-refractivity contribution < 1.29 is 14.7 Å². The Labute approximate surface area is 113 Å². The van der Waals surface area contributed by atoms with Gasteiger partial charge in [-0.3, -0.25) is 9.59 Å². The predicted molar refractivity (Wildman–Crippen MR) is 74.0 cm³/mol. The fourth-order valence-corrected chi connectivity index (χ4v) is 1.88. The first kappa shape index (κ1) is 15.2. The maximum atomic E-state index is 11.7. The monoisotopic (exact) mass is 263 g/mol. The lowest BCUT2D eigenvalue weighted by molar-refractivity contribution is -0.137. The lowest BCUT2D eigenvalue weighted by Crippen LogP contribution is -2.26. The first-order valence-corrected chi connectivity index (χ1v) is 6.62. The minimum atomic E-state index is -0.761. The van der Waals surface area contributed by atoms with Crippen LogP contribution in [0, 0.1) is 6.92 Å². The molecule has 104 valence electrons. The van der Waals surface area contributed by atoms with E-state index in [1.165, 1.54) is 0 Å². The number of amides is 1. The van der Waals surface area contributed by atoms with Crippen LogP contribution < -0.4 is 5.32 Å². The van der Waals surface area contributed by atoms with Gasteiger partial charge in [0, 0.05) is 13.0 Å². The van der Waals surface area contributed by atoms with Crippen LogP contribution in [0.4, 0.5) is 0 Å². The number of aliphatic carboxylic acids is 1. The fourth-order valence-electron chi connectivity index (χ4n) is 1.88. The largest absolute Gasteiger partial charge is 0.481 e. The van der Waals surface area contributed by atoms with Crippen molar-refractivity contribution in [3.8, 4) is 0 Å². The number of carbonyl (C=O) groups excluding carboxylic acids is 1. The van der Waals surface area contributed by atoms with Gasteiger partial charge >= 0.3 is 5.97 Å². The van der Waals surface area contributed by atoms with Gasteiger partial charge in [-0.05, 0) is 25.3 Å². The van der Waals surface area contributed by atoms with Crippen molar-refractivity contribution in [2.45, 2.75) is 39.0 Å². The summed E-state index contributed by atoms with van der Waals surface area (Å²) in [5, 5.41) is 11.3. The summed E-state index contributed by atoms with van der Waals surface area (Å²) in [4.78, 5) is 22.0. The molecule has 0 bridgehead atoms. The molecule has 0 spiro atoms. The van der Waals surface area contributed by atoms with Gasteiger partial charge in [-0.1, -0.05) is 36.2 Å². The normalized spacial score (nSPS) is 10.2. The van der Waals surface area contributed by atoms with E-state index in [-0.39, 0.29) is 12.3 Å². The number of carboxylic acids is 1. The highest BCUT2D eigenvalue weighted by atomic mass is 16.4. The molecule has 1 aromatic rings. The highest BCUT2D eigenvalue weighted by Gasteiger charge is 2.03. The third-order valence-corrected chi connectivity index (χ3v) is 2.84. The van der Waals surface area contributed by atoms with Crippen LogP contribution >= 0.6 is 0 Å². The maximum absolute atomic E-state index is 11.7. The Kier molecular flexibility index (Phi) is 6.64. The topological polar surface area (TPSA) is 66.4 Å². The zero-order valence-corrected chi connectivity index (χ0v) is 11.3. The second kappa shape index (κ2) is 8.29. The third kappa shape index (κ3) is 7.24. The van der Waals surface area contributed by atoms with Gasteiger partial charge in [0.1, 0.15) is 0 Å². The average molecular weight is 263 g/mol. The van der Waals surface area contributed by atoms with Crippen molar-refractivity contribution in [2.75, 3.05) is 6.54 Å². The molecule has 0 aromatic heterocycles. The van der Waals surface area contributed by atoms with Gasteiger partial charge < -0.3 is 10.4 Å². The molecule has 0 aliphatic rings. The molecule has 1 amide bonds. The van der Waals surface area contributed by atoms with Crippen LogP contribution in [0.1, 0.15) is 36.8 Å². The van der Waals surface area contributed by atoms with Crippen LogP contribution in [-0.4, -0.2) is 23.5 Å². The third-order valence-electron chi connectivity index (χ3n) is 2.84. The molecule has 0 aliphatic carbocycles. The van der Waals surface area contributed by atoms with Crippen LogP contribution in [0.25, 0.3) is 0 Å². The molecule has 4 heteroatoms. The second-order valence-corrected chi connectivity index (χ2v) is 4.72. The van der Waals surface area contributed by atoms with Crippen LogP contribution in [0.15, 0.2) is 24.3 Å². The molecule has 0 saturated heterocycles. The number of rotatable bonds is 8. The molecular weight excluding hydrogens is 242 g/mol. The number of benzene rings is 1. The summed E-state index contributed by atoms with van der Waals surface area (Å²) in [6, 6.07) is 7.90. The standard InChI is InChI=1S/C15H21NO3/c1-12-6-5-7-13(10-12)11-14(17)16-9-4-2-3-8-15(18)19/h5-7,10H,2-4,8-9,11H2,1H3,(H,16,17)(H,18,19). The quantitative estimate of drug-likeness (QED) is 0.707. The van der Waals surface area contributed by atoms with Crippen LogP contribution in [0.2, 0.25) is 0 Å². The molecular formula is C15H21NO3. The van der Waals surface area contributed by atoms with Gasteiger partial charge in [0.25, 0.3) is 0 Å². The van der Waals surface area contributed by atoms with E-state index in [4.69, 9.17) is 5.11 Å². The first-order valence-electron chi connectivity index (χ1n) is 6.62. The molecule has 0 radical (unpaired) electrons. The van der Waals surface area contributed by atoms with Crippen molar-refractivity contribution in [1.29, 1.82) is 0 Å². The van der Waals surface area contributed by atoms with Crippen molar-refractivity contribution in [3.05, 3.63) is 35.4 Å². The fraction of sp³-hybridized carbons (Fsp3) is 0.467. The molecule has 1 aromatic carbocycles. The number of carbonyl (C=O) groups is 2. The maximum Gasteiger partial charge on any atom is 0.303 e. The molecule has 0 aliphatic heterocycles. The van der Waals surface area contributed by atoms with Gasteiger partial charge in [-0.15, -0.1) is 0 Å². The molecule has 4 nitrogen and oxygen atoms in total. The Morgan fingerprint density at radius 3 is 2.68 bits per heavy atom. The smallest absolute Gasteiger partial charge is 0.303 e. The van der Waals surface area contributed by atoms with Gasteiger partial charge in [-0.25, -0.2) is 0 Å². The molecule has 0 atom stereocenters. The van der Waals surface area contributed by atoms with Crippen LogP contribution in [0.5, 0.6) is 0 Å². The second-order valence-electron chi connectivity index (χ2n) is 4.72. The summed E-state index contributed by atoms with van der Waals surface area (Å²) < 4.78 is 0. The van der Waals surface area contributed by atoms with Crippen molar-refractivity contribution in [3.63, 3.8) is 0 Å². The highest BCUT2D eigenvalue weighted by Crippen LogP contribution is 2.04. The van der Waals surface area contributed by atoms with Crippen molar-refractivity contribution in [2.24, 2.45) is 0 Å². The zero-order chi connectivity index (χ0) is 14.1. The minimum Gasteiger partial charge on any atom is -0.481 e. The molecule has 0 heterocycles. The van der Waals surface area contributed by atoms with Crippen LogP contribution in [-0.2, 0) is 16.0 Å². The summed E-state index contributed by atoms with van der Waals surface area (Å²) >= 11 is 0. The zero-order valence-electron chi connectivity index (χ0n) is 11.3. The Hall–Kier alpha value is -1.84. The van der Waals surface area contributed by atoms with E-state index in [9.17, 15) is 9.59 Å². The molecule has 0 saturated carbocycles. The number of unbranched alkanes of at least 4 members (excludes halogenated alkanes) is 2. The molecule has 0 unspecified atom stereocenters. The summed E-state index contributed by atoms with van der Waals surface area (Å²) in [5.41, 5.74) is 2.17. The van der Waals surface area contributed by atoms with Gasteiger partial charge in [0.15, 0.2) is 0 Å². The Morgan fingerprint density at radius 2 is 2.00 bits per heavy atom. The van der Waals surface area contributed by atoms with Gasteiger partial charge in [0.05, 0.1) is 6.42 Å². The van der Waals surface area contributed by atoms with E-state index in [2.05, 4.69) is 5.32 Å². The van der Waals surface area contributed by atoms with E-state index >= 15 is 0 Å². The predicted octanol–water partition coefficient (Wildman–Crippen LogP) is 2.30. The van der Waals surface area contributed by atoms with Crippen molar-refractivity contribution >= 4 is 11.9 Å². The van der Waals surface area contributed by atoms with E-state index in [1.54, 1.807) is 0 Å². The Morgan fingerprint density at radius 1 is 1.21 bits per heavy atom. The SMILES string of the molecule is Cc1cccc(CC(=O)NCCCCCC(=O)O)c1. The molecule has 0 fully saturated rings. The first-order chi connectivity index (χ1) is 9.08. The van der Waals surface area contributed by atoms with Gasteiger partial charge in [0.2, 0.25) is 5.91 Å². The number of nitrogens with one attached hydrogen (secondary N) is 1. The molecule has 19 heavy (non-hydrogen) atoms. The summed E-state index contributed by atoms with van der Waals surface area (Å²) in [6.07, 6.45) is 2.93. The lowest BCUT2D eigenvalue weighted by atomic mass is 10.1. The number of carboxylic acid groups (broad SMARTS) is 1. The summed E-state index contributed by atoms with van der Waals surface area (Å²) in [6.45, 7) is 2.62. The average Bonchev–Trinajstić information content (AvgIpc) is 2.33. The van der Waals surface area contributed by atoms with E-state index in [1.807, 2.05) is 31.2 Å². The van der Waals surface area contributed by atoms with Crippen molar-refractivity contribution in [1.82, 2.24) is 5.32 Å². The molecule has 1 rings (SSSR count). The minimum absolute atomic E-state index is 0.0174. The van der Waals surface area contributed by atoms with E-state index in [0.29, 0.717) is 19.4 Å². The summed E-state index contributed by atoms with van der Waals surface area (Å²) in [7, 11) is 0. The number of hydrogen-bond acceptors (Lipinski definition) is 2. The van der Waals surface area contributed by atoms with Gasteiger partial charge in [-0.2, -0.15) is 0 Å². The Bertz CT molecular complexity index is 429. The van der Waals surface area contributed by atoms with E-state index < -0.39 is 5.97 Å². The lowest BCUT2D eigenvalue weighted by Gasteiger charge is -2.05. The van der Waals surface area contributed by atoms with E-state index in [0.717, 1.165) is 24.0 Å². The van der Waals surface area contributed by atoms with Crippen LogP contribution in [0.3, 0.4) is 0 Å². The highest BCUT2D eigenvalue weighted by molar-refractivity contribution is 5.78. The molecule has 2 N–H and O–H groups in total. The Balaban J connectivity index is 2.13. The number of hydrogen-bond donors (Lipinski definition) is 2.